The molecule has 1 aromatic carbocycles. The fourth-order valence-corrected chi connectivity index (χ4v) is 4.48. The van der Waals surface area contributed by atoms with Crippen LogP contribution in [-0.4, -0.2) is 12.1 Å². The molecule has 2 rings (SSSR count). The Morgan fingerprint density at radius 3 is 2.74 bits per heavy atom. The molecule has 1 aromatic heterocycles. The molecule has 19 heavy (non-hydrogen) atoms. The number of thiazole rings is 1. The Bertz CT molecular complexity index is 607. The van der Waals surface area contributed by atoms with Crippen molar-refractivity contribution < 1.29 is 4.74 Å². The molecule has 0 aliphatic rings. The summed E-state index contributed by atoms with van der Waals surface area (Å²) in [7, 11) is 1.60. The summed E-state index contributed by atoms with van der Waals surface area (Å²) in [5.74, 6) is 0.689. The van der Waals surface area contributed by atoms with Gasteiger partial charge in [0.15, 0.2) is 4.47 Å². The van der Waals surface area contributed by atoms with Crippen LogP contribution in [0.15, 0.2) is 21.2 Å². The van der Waals surface area contributed by atoms with Gasteiger partial charge in [-0.3, -0.25) is 0 Å². The van der Waals surface area contributed by atoms with Crippen LogP contribution in [0, 0.1) is 0 Å². The Balaban J connectivity index is 2.24. The summed E-state index contributed by atoms with van der Waals surface area (Å²) in [6, 6.07) is 1.78. The lowest BCUT2D eigenvalue weighted by atomic mass is 10.3. The quantitative estimate of drug-likeness (QED) is 0.664. The van der Waals surface area contributed by atoms with Gasteiger partial charge in [-0.25, -0.2) is 4.98 Å². The molecule has 0 saturated carbocycles. The highest BCUT2D eigenvalue weighted by Crippen LogP contribution is 2.43. The minimum absolute atomic E-state index is 0.523. The summed E-state index contributed by atoms with van der Waals surface area (Å²) >= 11 is 20.3. The molecule has 0 aliphatic heterocycles. The smallest absolute Gasteiger partial charge is 0.183 e. The van der Waals surface area contributed by atoms with Gasteiger partial charge < -0.3 is 10.1 Å². The van der Waals surface area contributed by atoms with E-state index < -0.39 is 0 Å². The number of hydrogen-bond donors (Lipinski definition) is 1. The number of ether oxygens (including phenoxy) is 1. The molecule has 0 spiro atoms. The van der Waals surface area contributed by atoms with Crippen LogP contribution in [0.4, 0.5) is 5.69 Å². The van der Waals surface area contributed by atoms with Crippen molar-refractivity contribution in [2.75, 3.05) is 12.4 Å². The van der Waals surface area contributed by atoms with E-state index in [2.05, 4.69) is 42.2 Å². The Morgan fingerprint density at radius 2 is 2.16 bits per heavy atom. The van der Waals surface area contributed by atoms with Crippen LogP contribution in [0.3, 0.4) is 0 Å². The number of rotatable bonds is 4. The first-order valence-corrected chi connectivity index (χ1v) is 8.24. The van der Waals surface area contributed by atoms with Crippen LogP contribution in [0.1, 0.15) is 4.88 Å². The third-order valence-electron chi connectivity index (χ3n) is 2.30. The summed E-state index contributed by atoms with van der Waals surface area (Å²) in [6.45, 7) is 0.591. The summed E-state index contributed by atoms with van der Waals surface area (Å²) < 4.78 is 7.39. The number of hydrogen-bond acceptors (Lipinski definition) is 4. The molecule has 3 nitrogen and oxygen atoms in total. The zero-order chi connectivity index (χ0) is 14.0. The zero-order valence-electron chi connectivity index (χ0n) is 9.64. The van der Waals surface area contributed by atoms with Gasteiger partial charge in [0.25, 0.3) is 0 Å². The van der Waals surface area contributed by atoms with Crippen LogP contribution in [0.2, 0.25) is 9.49 Å². The van der Waals surface area contributed by atoms with Crippen LogP contribution in [0.5, 0.6) is 5.75 Å². The van der Waals surface area contributed by atoms with Crippen molar-refractivity contribution in [1.82, 2.24) is 4.98 Å². The van der Waals surface area contributed by atoms with Crippen molar-refractivity contribution in [2.24, 2.45) is 0 Å². The molecule has 0 saturated heterocycles. The molecule has 0 radical (unpaired) electrons. The second kappa shape index (κ2) is 6.63. The van der Waals surface area contributed by atoms with Crippen molar-refractivity contribution in [3.63, 3.8) is 0 Å². The van der Waals surface area contributed by atoms with Crippen molar-refractivity contribution in [2.45, 2.75) is 6.54 Å². The molecule has 0 bridgehead atoms. The van der Waals surface area contributed by atoms with Crippen molar-refractivity contribution in [1.29, 1.82) is 0 Å². The molecule has 0 amide bonds. The Morgan fingerprint density at radius 1 is 1.42 bits per heavy atom. The van der Waals surface area contributed by atoms with E-state index in [9.17, 15) is 0 Å². The largest absolute Gasteiger partial charge is 0.494 e. The average molecular weight is 447 g/mol. The highest BCUT2D eigenvalue weighted by Gasteiger charge is 2.15. The number of nitrogens with one attached hydrogen (secondary N) is 1. The Kier molecular flexibility index (Phi) is 5.37. The fourth-order valence-electron chi connectivity index (χ4n) is 1.46. The van der Waals surface area contributed by atoms with Crippen LogP contribution >= 0.6 is 66.4 Å². The maximum atomic E-state index is 6.22. The summed E-state index contributed by atoms with van der Waals surface area (Å²) in [4.78, 5) is 5.01. The van der Waals surface area contributed by atoms with Gasteiger partial charge in [0.05, 0.1) is 33.3 Å². The topological polar surface area (TPSA) is 34.1 Å². The predicted octanol–water partition coefficient (Wildman–Crippen LogP) is 5.60. The Labute approximate surface area is 141 Å². The molecule has 0 unspecified atom stereocenters. The molecule has 0 fully saturated rings. The first-order valence-electron chi connectivity index (χ1n) is 5.08. The van der Waals surface area contributed by atoms with Crippen molar-refractivity contribution in [3.05, 3.63) is 35.6 Å². The number of nitrogens with zero attached hydrogens (tertiary/aromatic N) is 1. The van der Waals surface area contributed by atoms with Crippen LogP contribution in [0.25, 0.3) is 0 Å². The molecule has 102 valence electrons. The van der Waals surface area contributed by atoms with E-state index in [-0.39, 0.29) is 0 Å². The second-order valence-electron chi connectivity index (χ2n) is 3.50. The van der Waals surface area contributed by atoms with Gasteiger partial charge in [0.1, 0.15) is 5.75 Å². The Hall–Kier alpha value is -0.0100. The third-order valence-corrected chi connectivity index (χ3v) is 5.06. The highest BCUT2D eigenvalue weighted by molar-refractivity contribution is 9.11. The molecule has 0 atom stereocenters. The molecule has 8 heteroatoms. The number of anilines is 1. The summed E-state index contributed by atoms with van der Waals surface area (Å²) in [6.07, 6.45) is 1.73. The first-order chi connectivity index (χ1) is 9.02. The van der Waals surface area contributed by atoms with Gasteiger partial charge in [0, 0.05) is 11.1 Å². The number of benzene rings is 1. The number of aromatic nitrogens is 1. The minimum atomic E-state index is 0.523. The number of halogens is 4. The zero-order valence-corrected chi connectivity index (χ0v) is 15.1. The van der Waals surface area contributed by atoms with Gasteiger partial charge in [-0.2, -0.15) is 0 Å². The van der Waals surface area contributed by atoms with Crippen LogP contribution in [-0.2, 0) is 6.54 Å². The van der Waals surface area contributed by atoms with E-state index in [0.29, 0.717) is 21.8 Å². The molecule has 0 aliphatic carbocycles. The fraction of sp³-hybridized carbons (Fsp3) is 0.182. The molecule has 1 heterocycles. The maximum Gasteiger partial charge on any atom is 0.183 e. The van der Waals surface area contributed by atoms with Gasteiger partial charge in [0.2, 0.25) is 0 Å². The first kappa shape index (κ1) is 15.4. The summed E-state index contributed by atoms with van der Waals surface area (Å²) in [5, 5.41) is 3.84. The lowest BCUT2D eigenvalue weighted by Crippen LogP contribution is -2.00. The van der Waals surface area contributed by atoms with E-state index in [1.807, 2.05) is 0 Å². The minimum Gasteiger partial charge on any atom is -0.494 e. The van der Waals surface area contributed by atoms with Gasteiger partial charge in [-0.15, -0.1) is 11.3 Å². The van der Waals surface area contributed by atoms with Crippen molar-refractivity contribution >= 4 is 72.1 Å². The monoisotopic (exact) mass is 444 g/mol. The lowest BCUT2D eigenvalue weighted by Gasteiger charge is -2.14. The SMILES string of the molecule is COc1c(Br)cc(Cl)c(NCc2cnc(Cl)s2)c1Br. The van der Waals surface area contributed by atoms with E-state index in [1.165, 1.54) is 11.3 Å². The molecule has 2 aromatic rings. The molecular weight excluding hydrogens is 439 g/mol. The van der Waals surface area contributed by atoms with Gasteiger partial charge in [-0.1, -0.05) is 23.2 Å². The standard InChI is InChI=1S/C11H8Br2Cl2N2OS/c1-18-10-6(12)2-7(14)9(8(10)13)16-3-5-4-17-11(15)19-5/h2,4,16H,3H2,1H3. The predicted molar refractivity (Wildman–Crippen MR) is 87.9 cm³/mol. The van der Waals surface area contributed by atoms with Gasteiger partial charge >= 0.3 is 0 Å². The second-order valence-corrected chi connectivity index (χ2v) is 7.25. The van der Waals surface area contributed by atoms with Gasteiger partial charge in [-0.05, 0) is 37.9 Å². The van der Waals surface area contributed by atoms with E-state index in [1.54, 1.807) is 19.4 Å². The average Bonchev–Trinajstić information content (AvgIpc) is 2.75. The molecular formula is C11H8Br2Cl2N2OS. The normalized spacial score (nSPS) is 10.6. The van der Waals surface area contributed by atoms with E-state index in [4.69, 9.17) is 27.9 Å². The third kappa shape index (κ3) is 3.55. The molecule has 1 N–H and O–H groups in total. The van der Waals surface area contributed by atoms with E-state index in [0.717, 1.165) is 19.5 Å². The van der Waals surface area contributed by atoms with Crippen LogP contribution < -0.4 is 10.1 Å². The van der Waals surface area contributed by atoms with Crippen molar-refractivity contribution in [3.8, 4) is 5.75 Å². The van der Waals surface area contributed by atoms with E-state index >= 15 is 0 Å². The lowest BCUT2D eigenvalue weighted by molar-refractivity contribution is 0.409. The summed E-state index contributed by atoms with van der Waals surface area (Å²) in [5.41, 5.74) is 0.770. The highest BCUT2D eigenvalue weighted by atomic mass is 79.9. The number of methoxy groups -OCH3 is 1. The maximum absolute atomic E-state index is 6.22.